The van der Waals surface area contributed by atoms with Crippen molar-refractivity contribution >= 4 is 33.5 Å². The Kier molecular flexibility index (Phi) is 3.21. The van der Waals surface area contributed by atoms with Crippen LogP contribution in [0.5, 0.6) is 0 Å². The molecule has 0 unspecified atom stereocenters. The first-order valence-electron chi connectivity index (χ1n) is 6.44. The third-order valence-corrected chi connectivity index (χ3v) is 3.86. The van der Waals surface area contributed by atoms with E-state index in [1.54, 1.807) is 13.8 Å². The summed E-state index contributed by atoms with van der Waals surface area (Å²) in [5.41, 5.74) is 2.53. The number of hydrogen-bond acceptors (Lipinski definition) is 6. The van der Waals surface area contributed by atoms with E-state index in [1.165, 1.54) is 11.5 Å². The molecule has 1 amide bonds. The number of anilines is 1. The van der Waals surface area contributed by atoms with Crippen molar-refractivity contribution in [3.8, 4) is 0 Å². The molecule has 0 aliphatic carbocycles. The standard InChI is InChI=1S/C14H14N4O2S/c1-6-5-7(2)15-14-10(6)12(18-21-14)17-13(19)11-8(3)16-9(4)20-11/h5H,1-4H3,(H,17,18,19). The van der Waals surface area contributed by atoms with Crippen molar-refractivity contribution in [1.82, 2.24) is 14.3 Å². The molecule has 0 saturated heterocycles. The van der Waals surface area contributed by atoms with Crippen LogP contribution in [0.25, 0.3) is 10.2 Å². The second-order valence-electron chi connectivity index (χ2n) is 4.89. The molecule has 3 rings (SSSR count). The Bertz CT molecular complexity index is 850. The summed E-state index contributed by atoms with van der Waals surface area (Å²) in [7, 11) is 0. The van der Waals surface area contributed by atoms with Gasteiger partial charge in [-0.2, -0.15) is 4.37 Å². The smallest absolute Gasteiger partial charge is 0.294 e. The zero-order valence-corrected chi connectivity index (χ0v) is 13.0. The molecular weight excluding hydrogens is 288 g/mol. The maximum Gasteiger partial charge on any atom is 0.294 e. The van der Waals surface area contributed by atoms with Crippen LogP contribution in [0.4, 0.5) is 5.82 Å². The molecule has 0 fully saturated rings. The Balaban J connectivity index is 1.99. The molecule has 3 aromatic rings. The van der Waals surface area contributed by atoms with E-state index in [4.69, 9.17) is 4.42 Å². The van der Waals surface area contributed by atoms with Crippen LogP contribution >= 0.6 is 11.5 Å². The predicted octanol–water partition coefficient (Wildman–Crippen LogP) is 3.17. The Hall–Kier alpha value is -2.28. The fourth-order valence-corrected chi connectivity index (χ4v) is 3.13. The van der Waals surface area contributed by atoms with E-state index in [1.807, 2.05) is 19.9 Å². The monoisotopic (exact) mass is 302 g/mol. The molecule has 3 aromatic heterocycles. The van der Waals surface area contributed by atoms with E-state index < -0.39 is 0 Å². The third kappa shape index (κ3) is 2.40. The highest BCUT2D eigenvalue weighted by Crippen LogP contribution is 2.29. The summed E-state index contributed by atoms with van der Waals surface area (Å²) in [5, 5.41) is 3.65. The molecule has 0 radical (unpaired) electrons. The Morgan fingerprint density at radius 2 is 2.00 bits per heavy atom. The van der Waals surface area contributed by atoms with Gasteiger partial charge in [0, 0.05) is 12.6 Å². The maximum absolute atomic E-state index is 12.3. The Morgan fingerprint density at radius 3 is 2.67 bits per heavy atom. The van der Waals surface area contributed by atoms with Crippen molar-refractivity contribution in [1.29, 1.82) is 0 Å². The highest BCUT2D eigenvalue weighted by atomic mass is 32.1. The minimum absolute atomic E-state index is 0.214. The lowest BCUT2D eigenvalue weighted by Crippen LogP contribution is -2.12. The minimum Gasteiger partial charge on any atom is -0.436 e. The molecule has 108 valence electrons. The summed E-state index contributed by atoms with van der Waals surface area (Å²) in [4.78, 5) is 21.6. The fraction of sp³-hybridized carbons (Fsp3) is 0.286. The highest BCUT2D eigenvalue weighted by molar-refractivity contribution is 7.13. The van der Waals surface area contributed by atoms with Crippen LogP contribution in [-0.2, 0) is 0 Å². The summed E-state index contributed by atoms with van der Waals surface area (Å²) in [6.45, 7) is 7.36. The fourth-order valence-electron chi connectivity index (χ4n) is 2.28. The number of oxazole rings is 1. The minimum atomic E-state index is -0.347. The van der Waals surface area contributed by atoms with E-state index >= 15 is 0 Å². The van der Waals surface area contributed by atoms with Gasteiger partial charge in [-0.25, -0.2) is 9.97 Å². The number of nitrogens with one attached hydrogen (secondary N) is 1. The van der Waals surface area contributed by atoms with Gasteiger partial charge < -0.3 is 9.73 Å². The first-order chi connectivity index (χ1) is 9.95. The van der Waals surface area contributed by atoms with Gasteiger partial charge >= 0.3 is 0 Å². The second-order valence-corrected chi connectivity index (χ2v) is 5.65. The largest absolute Gasteiger partial charge is 0.436 e. The van der Waals surface area contributed by atoms with Gasteiger partial charge in [0.05, 0.1) is 11.1 Å². The molecule has 0 aromatic carbocycles. The van der Waals surface area contributed by atoms with Gasteiger partial charge in [-0.1, -0.05) is 0 Å². The summed E-state index contributed by atoms with van der Waals surface area (Å²) >= 11 is 1.27. The summed E-state index contributed by atoms with van der Waals surface area (Å²) in [5.74, 6) is 0.847. The third-order valence-electron chi connectivity index (χ3n) is 3.11. The van der Waals surface area contributed by atoms with Crippen LogP contribution in [0.1, 0.15) is 33.4 Å². The molecule has 6 nitrogen and oxygen atoms in total. The molecule has 1 N–H and O–H groups in total. The van der Waals surface area contributed by atoms with Crippen molar-refractivity contribution in [3.05, 3.63) is 34.7 Å². The van der Waals surface area contributed by atoms with Crippen molar-refractivity contribution in [2.24, 2.45) is 0 Å². The topological polar surface area (TPSA) is 80.9 Å². The number of pyridine rings is 1. The highest BCUT2D eigenvalue weighted by Gasteiger charge is 2.19. The van der Waals surface area contributed by atoms with E-state index in [0.29, 0.717) is 17.4 Å². The van der Waals surface area contributed by atoms with E-state index in [9.17, 15) is 4.79 Å². The summed E-state index contributed by atoms with van der Waals surface area (Å²) in [6.07, 6.45) is 0. The van der Waals surface area contributed by atoms with Crippen LogP contribution in [0.2, 0.25) is 0 Å². The number of carbonyl (C=O) groups is 1. The van der Waals surface area contributed by atoms with Crippen LogP contribution in [0.15, 0.2) is 10.5 Å². The number of rotatable bonds is 2. The molecule has 3 heterocycles. The number of carbonyl (C=O) groups excluding carboxylic acids is 1. The van der Waals surface area contributed by atoms with Crippen LogP contribution in [0.3, 0.4) is 0 Å². The van der Waals surface area contributed by atoms with Crippen LogP contribution in [0, 0.1) is 27.7 Å². The van der Waals surface area contributed by atoms with Gasteiger partial charge in [-0.05, 0) is 43.9 Å². The van der Waals surface area contributed by atoms with Crippen molar-refractivity contribution in [2.45, 2.75) is 27.7 Å². The number of hydrogen-bond donors (Lipinski definition) is 1. The van der Waals surface area contributed by atoms with Gasteiger partial charge in [-0.15, -0.1) is 0 Å². The van der Waals surface area contributed by atoms with E-state index in [2.05, 4.69) is 19.7 Å². The van der Waals surface area contributed by atoms with Crippen molar-refractivity contribution < 1.29 is 9.21 Å². The molecule has 0 spiro atoms. The average Bonchev–Trinajstić information content (AvgIpc) is 2.93. The molecule has 0 aliphatic heterocycles. The Labute approximate surface area is 125 Å². The summed E-state index contributed by atoms with van der Waals surface area (Å²) < 4.78 is 9.61. The van der Waals surface area contributed by atoms with Crippen LogP contribution in [-0.4, -0.2) is 20.2 Å². The second kappa shape index (κ2) is 4.92. The van der Waals surface area contributed by atoms with Gasteiger partial charge in [0.2, 0.25) is 5.76 Å². The first kappa shape index (κ1) is 13.7. The number of aromatic nitrogens is 3. The SMILES string of the molecule is Cc1cc(C)c2c(NC(=O)c3oc(C)nc3C)nsc2n1. The quantitative estimate of drug-likeness (QED) is 0.786. The number of fused-ring (bicyclic) bond motifs is 1. The van der Waals surface area contributed by atoms with Crippen LogP contribution < -0.4 is 5.32 Å². The lowest BCUT2D eigenvalue weighted by Gasteiger charge is -2.03. The first-order valence-corrected chi connectivity index (χ1v) is 7.22. The molecule has 0 saturated carbocycles. The molecule has 7 heteroatoms. The van der Waals surface area contributed by atoms with Gasteiger partial charge in [-0.3, -0.25) is 4.79 Å². The van der Waals surface area contributed by atoms with E-state index in [0.717, 1.165) is 21.5 Å². The lowest BCUT2D eigenvalue weighted by atomic mass is 10.2. The number of nitrogens with zero attached hydrogens (tertiary/aromatic N) is 3. The molecule has 21 heavy (non-hydrogen) atoms. The molecular formula is C14H14N4O2S. The normalized spacial score (nSPS) is 11.0. The van der Waals surface area contributed by atoms with E-state index in [-0.39, 0.29) is 11.7 Å². The average molecular weight is 302 g/mol. The zero-order chi connectivity index (χ0) is 15.1. The van der Waals surface area contributed by atoms with Gasteiger partial charge in [0.1, 0.15) is 4.83 Å². The molecule has 0 aliphatic rings. The van der Waals surface area contributed by atoms with Crippen molar-refractivity contribution in [3.63, 3.8) is 0 Å². The predicted molar refractivity (Wildman–Crippen MR) is 80.8 cm³/mol. The number of aryl methyl sites for hydroxylation is 4. The maximum atomic E-state index is 12.3. The van der Waals surface area contributed by atoms with Gasteiger partial charge in [0.15, 0.2) is 11.7 Å². The van der Waals surface area contributed by atoms with Crippen molar-refractivity contribution in [2.75, 3.05) is 5.32 Å². The number of amides is 1. The molecule has 0 bridgehead atoms. The zero-order valence-electron chi connectivity index (χ0n) is 12.1. The van der Waals surface area contributed by atoms with Gasteiger partial charge in [0.25, 0.3) is 5.91 Å². The lowest BCUT2D eigenvalue weighted by molar-refractivity contribution is 0.0994. The molecule has 0 atom stereocenters. The Morgan fingerprint density at radius 1 is 1.24 bits per heavy atom. The summed E-state index contributed by atoms with van der Waals surface area (Å²) in [6, 6.07) is 1.97.